The first-order valence-corrected chi connectivity index (χ1v) is 8.94. The number of aryl methyl sites for hydroxylation is 1. The molecule has 0 radical (unpaired) electrons. The molecule has 2 aromatic carbocycles. The molecule has 4 aromatic rings. The lowest BCUT2D eigenvalue weighted by Crippen LogP contribution is -2.24. The number of hydrogen-bond donors (Lipinski definition) is 2. The molecule has 0 spiro atoms. The summed E-state index contributed by atoms with van der Waals surface area (Å²) >= 11 is 0. The minimum absolute atomic E-state index is 0.0350. The van der Waals surface area contributed by atoms with Crippen molar-refractivity contribution in [2.45, 2.75) is 19.3 Å². The fourth-order valence-electron chi connectivity index (χ4n) is 3.66. The quantitative estimate of drug-likeness (QED) is 0.576. The van der Waals surface area contributed by atoms with Crippen LogP contribution in [-0.4, -0.2) is 26.8 Å². The molecule has 3 heterocycles. The standard InChI is InChI=1S/C21H18N4O2/c1-12-17(10-22-25-12)13-6-7-18-16(9-13)21(26)24-20(23-18)15-8-14-4-2-3-5-19(14)27-11-15/h2-7,9-10,15H,8,11H2,1H3,(H,22,25)(H,23,24,26). The summed E-state index contributed by atoms with van der Waals surface area (Å²) in [6.45, 7) is 2.47. The van der Waals surface area contributed by atoms with E-state index >= 15 is 0 Å². The second kappa shape index (κ2) is 6.09. The third kappa shape index (κ3) is 2.70. The normalized spacial score (nSPS) is 16.1. The average Bonchev–Trinajstić information content (AvgIpc) is 3.13. The van der Waals surface area contributed by atoms with Crippen molar-refractivity contribution in [2.24, 2.45) is 0 Å². The van der Waals surface area contributed by atoms with Gasteiger partial charge < -0.3 is 9.72 Å². The van der Waals surface area contributed by atoms with E-state index in [1.165, 1.54) is 0 Å². The summed E-state index contributed by atoms with van der Waals surface area (Å²) in [5.41, 5.74) is 4.60. The number of rotatable bonds is 2. The van der Waals surface area contributed by atoms with E-state index in [-0.39, 0.29) is 11.5 Å². The molecule has 1 aliphatic rings. The van der Waals surface area contributed by atoms with Crippen LogP contribution in [0.5, 0.6) is 5.75 Å². The Bertz CT molecular complexity index is 1210. The maximum atomic E-state index is 12.7. The first-order valence-electron chi connectivity index (χ1n) is 8.94. The van der Waals surface area contributed by atoms with Crippen molar-refractivity contribution in [3.63, 3.8) is 0 Å². The van der Waals surface area contributed by atoms with Crippen LogP contribution in [0.1, 0.15) is 23.0 Å². The maximum Gasteiger partial charge on any atom is 0.258 e. The number of nitrogens with one attached hydrogen (secondary N) is 2. The number of para-hydroxylation sites is 1. The van der Waals surface area contributed by atoms with Gasteiger partial charge in [-0.25, -0.2) is 4.98 Å². The van der Waals surface area contributed by atoms with Crippen LogP contribution < -0.4 is 10.3 Å². The lowest BCUT2D eigenvalue weighted by atomic mass is 9.96. The number of benzene rings is 2. The molecule has 1 atom stereocenters. The number of H-pyrrole nitrogens is 2. The maximum absolute atomic E-state index is 12.7. The van der Waals surface area contributed by atoms with Crippen molar-refractivity contribution in [1.82, 2.24) is 20.2 Å². The zero-order valence-electron chi connectivity index (χ0n) is 14.8. The first-order chi connectivity index (χ1) is 13.2. The number of hydrogen-bond acceptors (Lipinski definition) is 4. The largest absolute Gasteiger partial charge is 0.493 e. The fraction of sp³-hybridized carbons (Fsp3) is 0.190. The second-order valence-electron chi connectivity index (χ2n) is 6.91. The summed E-state index contributed by atoms with van der Waals surface area (Å²) in [5.74, 6) is 1.62. The summed E-state index contributed by atoms with van der Waals surface area (Å²) in [6, 6.07) is 13.7. The highest BCUT2D eigenvalue weighted by atomic mass is 16.5. The molecule has 0 saturated heterocycles. The van der Waals surface area contributed by atoms with Crippen molar-refractivity contribution in [3.8, 4) is 16.9 Å². The van der Waals surface area contributed by atoms with Crippen LogP contribution in [0, 0.1) is 6.92 Å². The van der Waals surface area contributed by atoms with Crippen LogP contribution in [0.2, 0.25) is 0 Å². The lowest BCUT2D eigenvalue weighted by molar-refractivity contribution is 0.258. The van der Waals surface area contributed by atoms with E-state index in [1.807, 2.05) is 43.3 Å². The minimum Gasteiger partial charge on any atom is -0.493 e. The monoisotopic (exact) mass is 358 g/mol. The van der Waals surface area contributed by atoms with Gasteiger partial charge in [0, 0.05) is 11.3 Å². The van der Waals surface area contributed by atoms with Gasteiger partial charge in [0.15, 0.2) is 0 Å². The molecule has 6 nitrogen and oxygen atoms in total. The molecule has 2 N–H and O–H groups in total. The first kappa shape index (κ1) is 15.8. The average molecular weight is 358 g/mol. The Hall–Kier alpha value is -3.41. The van der Waals surface area contributed by atoms with Crippen LogP contribution in [0.25, 0.3) is 22.0 Å². The second-order valence-corrected chi connectivity index (χ2v) is 6.91. The van der Waals surface area contributed by atoms with Crippen LogP contribution in [-0.2, 0) is 6.42 Å². The Labute approximate surface area is 155 Å². The Morgan fingerprint density at radius 2 is 2.07 bits per heavy atom. The van der Waals surface area contributed by atoms with Gasteiger partial charge in [-0.3, -0.25) is 9.89 Å². The third-order valence-corrected chi connectivity index (χ3v) is 5.13. The predicted molar refractivity (Wildman–Crippen MR) is 103 cm³/mol. The molecule has 5 rings (SSSR count). The number of aromatic amines is 2. The number of nitrogens with zero attached hydrogens (tertiary/aromatic N) is 2. The van der Waals surface area contributed by atoms with E-state index in [0.717, 1.165) is 34.6 Å². The van der Waals surface area contributed by atoms with Gasteiger partial charge in [0.2, 0.25) is 0 Å². The van der Waals surface area contributed by atoms with Crippen LogP contribution in [0.3, 0.4) is 0 Å². The van der Waals surface area contributed by atoms with Crippen LogP contribution in [0.4, 0.5) is 0 Å². The Kier molecular flexibility index (Phi) is 3.57. The van der Waals surface area contributed by atoms with E-state index < -0.39 is 0 Å². The Morgan fingerprint density at radius 1 is 1.19 bits per heavy atom. The summed E-state index contributed by atoms with van der Waals surface area (Å²) in [5, 5.41) is 7.56. The van der Waals surface area contributed by atoms with Gasteiger partial charge in [-0.05, 0) is 42.7 Å². The highest BCUT2D eigenvalue weighted by Gasteiger charge is 2.23. The molecule has 0 fully saturated rings. The Balaban J connectivity index is 1.54. The van der Waals surface area contributed by atoms with Crippen molar-refractivity contribution in [1.29, 1.82) is 0 Å². The molecule has 0 amide bonds. The van der Waals surface area contributed by atoms with Crippen LogP contribution in [0.15, 0.2) is 53.5 Å². The highest BCUT2D eigenvalue weighted by Crippen LogP contribution is 2.31. The molecule has 134 valence electrons. The van der Waals surface area contributed by atoms with Crippen LogP contribution >= 0.6 is 0 Å². The summed E-state index contributed by atoms with van der Waals surface area (Å²) in [6.07, 6.45) is 2.57. The zero-order valence-corrected chi connectivity index (χ0v) is 14.8. The lowest BCUT2D eigenvalue weighted by Gasteiger charge is -2.24. The van der Waals surface area contributed by atoms with Gasteiger partial charge in [-0.1, -0.05) is 24.3 Å². The molecular weight excluding hydrogens is 340 g/mol. The molecule has 2 aromatic heterocycles. The van der Waals surface area contributed by atoms with Gasteiger partial charge in [0.1, 0.15) is 11.6 Å². The van der Waals surface area contributed by atoms with Gasteiger partial charge in [0.25, 0.3) is 5.56 Å². The summed E-state index contributed by atoms with van der Waals surface area (Å²) in [4.78, 5) is 20.4. The smallest absolute Gasteiger partial charge is 0.258 e. The minimum atomic E-state index is -0.128. The van der Waals surface area contributed by atoms with E-state index in [0.29, 0.717) is 23.3 Å². The molecule has 0 bridgehead atoms. The van der Waals surface area contributed by atoms with E-state index in [1.54, 1.807) is 6.20 Å². The van der Waals surface area contributed by atoms with E-state index in [9.17, 15) is 4.79 Å². The van der Waals surface area contributed by atoms with E-state index in [2.05, 4.69) is 21.2 Å². The summed E-state index contributed by atoms with van der Waals surface area (Å²) < 4.78 is 5.85. The Morgan fingerprint density at radius 3 is 2.93 bits per heavy atom. The SMILES string of the molecule is Cc1[nH]ncc1-c1ccc2nc(C3COc4ccccc4C3)[nH]c(=O)c2c1. The molecule has 0 saturated carbocycles. The highest BCUT2D eigenvalue weighted by molar-refractivity contribution is 5.84. The summed E-state index contributed by atoms with van der Waals surface area (Å²) in [7, 11) is 0. The van der Waals surface area contributed by atoms with Gasteiger partial charge in [0.05, 0.1) is 29.6 Å². The van der Waals surface area contributed by atoms with Crippen molar-refractivity contribution in [2.75, 3.05) is 6.61 Å². The van der Waals surface area contributed by atoms with Crippen molar-refractivity contribution in [3.05, 3.63) is 76.1 Å². The topological polar surface area (TPSA) is 83.7 Å². The number of fused-ring (bicyclic) bond motifs is 2. The van der Waals surface area contributed by atoms with Gasteiger partial charge >= 0.3 is 0 Å². The fourth-order valence-corrected chi connectivity index (χ4v) is 3.66. The zero-order chi connectivity index (χ0) is 18.4. The molecule has 1 unspecified atom stereocenters. The molecule has 6 heteroatoms. The number of aromatic nitrogens is 4. The number of ether oxygens (including phenoxy) is 1. The van der Waals surface area contributed by atoms with Crippen molar-refractivity contribution < 1.29 is 4.74 Å². The van der Waals surface area contributed by atoms with Crippen molar-refractivity contribution >= 4 is 10.9 Å². The molecule has 27 heavy (non-hydrogen) atoms. The van der Waals surface area contributed by atoms with Gasteiger partial charge in [-0.15, -0.1) is 0 Å². The third-order valence-electron chi connectivity index (χ3n) is 5.13. The predicted octanol–water partition coefficient (Wildman–Crippen LogP) is 3.34. The molecule has 0 aliphatic carbocycles. The van der Waals surface area contributed by atoms with Gasteiger partial charge in [-0.2, -0.15) is 5.10 Å². The molecule has 1 aliphatic heterocycles. The van der Waals surface area contributed by atoms with E-state index in [4.69, 9.17) is 9.72 Å². The molecular formula is C21H18N4O2.